The van der Waals surface area contributed by atoms with Gasteiger partial charge in [-0.1, -0.05) is 12.1 Å². The fraction of sp³-hybridized carbons (Fsp3) is 0.533. The predicted octanol–water partition coefficient (Wildman–Crippen LogP) is 2.07. The number of nitrogens with one attached hydrogen (secondary N) is 1. The highest BCUT2D eigenvalue weighted by molar-refractivity contribution is 14.0. The maximum atomic E-state index is 9.93. The van der Waals surface area contributed by atoms with Crippen molar-refractivity contribution in [3.05, 3.63) is 24.3 Å². The fourth-order valence-corrected chi connectivity index (χ4v) is 2.79. The van der Waals surface area contributed by atoms with Gasteiger partial charge in [-0.2, -0.15) is 11.8 Å². The normalized spacial score (nSPS) is 15.5. The van der Waals surface area contributed by atoms with Gasteiger partial charge in [0.25, 0.3) is 0 Å². The van der Waals surface area contributed by atoms with Crippen LogP contribution in [0.3, 0.4) is 0 Å². The first-order valence-corrected chi connectivity index (χ1v) is 8.63. The molecule has 124 valence electrons. The molecule has 1 fully saturated rings. The summed E-state index contributed by atoms with van der Waals surface area (Å²) in [7, 11) is 1.83. The Balaban J connectivity index is 0.00000242. The van der Waals surface area contributed by atoms with E-state index in [1.54, 1.807) is 6.07 Å². The predicted molar refractivity (Wildman–Crippen MR) is 107 cm³/mol. The van der Waals surface area contributed by atoms with E-state index in [9.17, 15) is 5.11 Å². The van der Waals surface area contributed by atoms with Gasteiger partial charge in [0.15, 0.2) is 5.96 Å². The number of phenolic OH excluding ortho intramolecular Hbond substituents is 1. The van der Waals surface area contributed by atoms with Crippen LogP contribution in [0.25, 0.3) is 0 Å². The third kappa shape index (κ3) is 5.12. The quantitative estimate of drug-likeness (QED) is 0.328. The van der Waals surface area contributed by atoms with Crippen LogP contribution in [-0.2, 0) is 0 Å². The average Bonchev–Trinajstić information content (AvgIpc) is 2.53. The van der Waals surface area contributed by atoms with Crippen molar-refractivity contribution in [1.29, 1.82) is 0 Å². The number of para-hydroxylation sites is 2. The molecule has 0 radical (unpaired) electrons. The maximum Gasteiger partial charge on any atom is 0.193 e. The van der Waals surface area contributed by atoms with Crippen LogP contribution in [0.4, 0.5) is 5.69 Å². The number of rotatable bonds is 4. The summed E-state index contributed by atoms with van der Waals surface area (Å²) in [5.41, 5.74) is 0.919. The van der Waals surface area contributed by atoms with Gasteiger partial charge in [0, 0.05) is 45.5 Å². The Hall–Kier alpha value is -0.830. The van der Waals surface area contributed by atoms with Crippen molar-refractivity contribution in [2.45, 2.75) is 0 Å². The van der Waals surface area contributed by atoms with Crippen LogP contribution in [0.5, 0.6) is 5.75 Å². The number of hydrogen-bond acceptors (Lipinski definition) is 4. The number of aliphatic imine (C=N–C) groups is 1. The highest BCUT2D eigenvalue weighted by Gasteiger charge is 2.20. The van der Waals surface area contributed by atoms with E-state index in [0.29, 0.717) is 5.75 Å². The molecule has 0 aliphatic carbocycles. The minimum atomic E-state index is 0. The number of thioether (sulfide) groups is 1. The number of nitrogens with zero attached hydrogens (tertiary/aromatic N) is 3. The molecule has 0 aromatic heterocycles. The van der Waals surface area contributed by atoms with E-state index in [0.717, 1.165) is 50.1 Å². The first-order valence-electron chi connectivity index (χ1n) is 7.23. The summed E-state index contributed by atoms with van der Waals surface area (Å²) >= 11 is 1.83. The van der Waals surface area contributed by atoms with Crippen molar-refractivity contribution in [3.8, 4) is 5.75 Å². The number of anilines is 1. The van der Waals surface area contributed by atoms with Gasteiger partial charge < -0.3 is 20.2 Å². The van der Waals surface area contributed by atoms with Crippen LogP contribution in [0.1, 0.15) is 0 Å². The van der Waals surface area contributed by atoms with E-state index in [-0.39, 0.29) is 24.0 Å². The number of aromatic hydroxyl groups is 1. The zero-order valence-corrected chi connectivity index (χ0v) is 16.3. The number of halogens is 1. The van der Waals surface area contributed by atoms with Crippen molar-refractivity contribution in [3.63, 3.8) is 0 Å². The molecule has 0 unspecified atom stereocenters. The lowest BCUT2D eigenvalue weighted by atomic mass is 10.2. The highest BCUT2D eigenvalue weighted by Crippen LogP contribution is 2.27. The van der Waals surface area contributed by atoms with Gasteiger partial charge in [0.2, 0.25) is 0 Å². The topological polar surface area (TPSA) is 51.1 Å². The fourth-order valence-electron chi connectivity index (χ4n) is 2.49. The Labute approximate surface area is 154 Å². The van der Waals surface area contributed by atoms with Gasteiger partial charge in [-0.05, 0) is 18.4 Å². The van der Waals surface area contributed by atoms with Gasteiger partial charge in [0.1, 0.15) is 5.75 Å². The minimum absolute atomic E-state index is 0. The Morgan fingerprint density at radius 2 is 1.95 bits per heavy atom. The van der Waals surface area contributed by atoms with Crippen LogP contribution in [-0.4, -0.2) is 67.7 Å². The number of phenols is 1. The molecule has 7 heteroatoms. The Morgan fingerprint density at radius 1 is 1.27 bits per heavy atom. The SMILES string of the molecule is CN=C(NCCSC)N1CCN(c2ccccc2O)CC1.I. The van der Waals surface area contributed by atoms with Gasteiger partial charge in [0.05, 0.1) is 5.69 Å². The monoisotopic (exact) mass is 436 g/mol. The first-order chi connectivity index (χ1) is 10.3. The lowest BCUT2D eigenvalue weighted by molar-refractivity contribution is 0.371. The van der Waals surface area contributed by atoms with Crippen LogP contribution < -0.4 is 10.2 Å². The summed E-state index contributed by atoms with van der Waals surface area (Å²) in [6.07, 6.45) is 2.11. The molecule has 0 atom stereocenters. The summed E-state index contributed by atoms with van der Waals surface area (Å²) < 4.78 is 0. The maximum absolute atomic E-state index is 9.93. The summed E-state index contributed by atoms with van der Waals surface area (Å²) in [4.78, 5) is 8.85. The van der Waals surface area contributed by atoms with Gasteiger partial charge >= 0.3 is 0 Å². The second-order valence-electron chi connectivity index (χ2n) is 4.93. The molecule has 1 aliphatic heterocycles. The summed E-state index contributed by atoms with van der Waals surface area (Å²) in [6.45, 7) is 4.54. The molecule has 0 bridgehead atoms. The lowest BCUT2D eigenvalue weighted by Gasteiger charge is -2.37. The average molecular weight is 436 g/mol. The van der Waals surface area contributed by atoms with Crippen molar-refractivity contribution in [2.75, 3.05) is 56.7 Å². The largest absolute Gasteiger partial charge is 0.506 e. The van der Waals surface area contributed by atoms with E-state index < -0.39 is 0 Å². The molecule has 5 nitrogen and oxygen atoms in total. The molecule has 1 saturated heterocycles. The number of guanidine groups is 1. The van der Waals surface area contributed by atoms with E-state index in [4.69, 9.17) is 0 Å². The summed E-state index contributed by atoms with van der Waals surface area (Å²) in [5, 5.41) is 13.3. The Morgan fingerprint density at radius 3 is 2.55 bits per heavy atom. The van der Waals surface area contributed by atoms with Gasteiger partial charge in [-0.25, -0.2) is 0 Å². The van der Waals surface area contributed by atoms with Gasteiger partial charge in [-0.3, -0.25) is 4.99 Å². The van der Waals surface area contributed by atoms with Crippen molar-refractivity contribution >= 4 is 47.4 Å². The standard InChI is InChI=1S/C15H24N4OS.HI/c1-16-15(17-7-12-21-2)19-10-8-18(9-11-19)13-5-3-4-6-14(13)20;/h3-6,20H,7-12H2,1-2H3,(H,16,17);1H. The molecule has 2 N–H and O–H groups in total. The van der Waals surface area contributed by atoms with E-state index in [2.05, 4.69) is 26.4 Å². The number of piperazine rings is 1. The Kier molecular flexibility index (Phi) is 8.77. The van der Waals surface area contributed by atoms with Crippen LogP contribution in [0, 0.1) is 0 Å². The first kappa shape index (κ1) is 19.2. The molecule has 1 aromatic rings. The molecular formula is C15H25IN4OS. The third-order valence-electron chi connectivity index (χ3n) is 3.60. The van der Waals surface area contributed by atoms with Crippen molar-refractivity contribution < 1.29 is 5.11 Å². The second kappa shape index (κ2) is 10.0. The van der Waals surface area contributed by atoms with Crippen LogP contribution in [0.15, 0.2) is 29.3 Å². The molecule has 22 heavy (non-hydrogen) atoms. The number of benzene rings is 1. The lowest BCUT2D eigenvalue weighted by Crippen LogP contribution is -2.52. The summed E-state index contributed by atoms with van der Waals surface area (Å²) in [6, 6.07) is 7.53. The molecular weight excluding hydrogens is 411 g/mol. The van der Waals surface area contributed by atoms with Crippen molar-refractivity contribution in [1.82, 2.24) is 10.2 Å². The Bertz CT molecular complexity index is 478. The van der Waals surface area contributed by atoms with Gasteiger partial charge in [-0.15, -0.1) is 24.0 Å². The van der Waals surface area contributed by atoms with E-state index >= 15 is 0 Å². The smallest absolute Gasteiger partial charge is 0.193 e. The van der Waals surface area contributed by atoms with Crippen LogP contribution in [0.2, 0.25) is 0 Å². The minimum Gasteiger partial charge on any atom is -0.506 e. The highest BCUT2D eigenvalue weighted by atomic mass is 127. The van der Waals surface area contributed by atoms with E-state index in [1.165, 1.54) is 0 Å². The second-order valence-corrected chi connectivity index (χ2v) is 5.92. The van der Waals surface area contributed by atoms with E-state index in [1.807, 2.05) is 37.0 Å². The molecule has 1 heterocycles. The molecule has 0 amide bonds. The zero-order chi connectivity index (χ0) is 15.1. The molecule has 0 spiro atoms. The molecule has 2 rings (SSSR count). The third-order valence-corrected chi connectivity index (χ3v) is 4.22. The van der Waals surface area contributed by atoms with Crippen LogP contribution >= 0.6 is 35.7 Å². The molecule has 1 aromatic carbocycles. The molecule has 1 aliphatic rings. The number of hydrogen-bond donors (Lipinski definition) is 2. The summed E-state index contributed by atoms with van der Waals surface area (Å²) in [5.74, 6) is 2.41. The van der Waals surface area contributed by atoms with Crippen molar-refractivity contribution in [2.24, 2.45) is 4.99 Å². The zero-order valence-electron chi connectivity index (χ0n) is 13.2. The molecule has 0 saturated carbocycles.